The van der Waals surface area contributed by atoms with E-state index in [0.717, 1.165) is 20.0 Å². The SMILES string of the molecule is CCCCCC(C(=O)CN)C(N)(C(=O)O)C(=O)OC. The third-order valence-electron chi connectivity index (χ3n) is 3.11. The van der Waals surface area contributed by atoms with Crippen LogP contribution in [0.1, 0.15) is 32.6 Å². The van der Waals surface area contributed by atoms with Crippen LogP contribution in [0.2, 0.25) is 0 Å². The van der Waals surface area contributed by atoms with Crippen molar-refractivity contribution in [2.24, 2.45) is 17.4 Å². The molecule has 110 valence electrons. The van der Waals surface area contributed by atoms with Gasteiger partial charge in [0, 0.05) is 0 Å². The zero-order chi connectivity index (χ0) is 15.1. The third-order valence-corrected chi connectivity index (χ3v) is 3.11. The van der Waals surface area contributed by atoms with Gasteiger partial charge >= 0.3 is 11.9 Å². The minimum atomic E-state index is -2.38. The number of carboxylic acid groups (broad SMARTS) is 1. The van der Waals surface area contributed by atoms with Gasteiger partial charge in [-0.2, -0.15) is 0 Å². The van der Waals surface area contributed by atoms with E-state index in [1.807, 2.05) is 6.92 Å². The topological polar surface area (TPSA) is 133 Å². The summed E-state index contributed by atoms with van der Waals surface area (Å²) < 4.78 is 4.42. The van der Waals surface area contributed by atoms with Crippen molar-refractivity contribution >= 4 is 17.7 Å². The number of carbonyl (C=O) groups is 3. The normalized spacial score (nSPS) is 15.4. The Bertz CT molecular complexity index is 345. The van der Waals surface area contributed by atoms with E-state index in [9.17, 15) is 19.5 Å². The number of esters is 1. The Morgan fingerprint density at radius 3 is 2.26 bits per heavy atom. The number of methoxy groups -OCH3 is 1. The fourth-order valence-corrected chi connectivity index (χ4v) is 1.93. The Hall–Kier alpha value is -1.47. The Balaban J connectivity index is 5.31. The first-order chi connectivity index (χ1) is 8.85. The summed E-state index contributed by atoms with van der Waals surface area (Å²) in [6, 6.07) is 0. The molecule has 0 aliphatic rings. The molecule has 0 bridgehead atoms. The number of unbranched alkanes of at least 4 members (excludes halogenated alkanes) is 2. The molecule has 7 nitrogen and oxygen atoms in total. The summed E-state index contributed by atoms with van der Waals surface area (Å²) in [6.45, 7) is 1.60. The van der Waals surface area contributed by atoms with Gasteiger partial charge in [0.2, 0.25) is 5.54 Å². The minimum absolute atomic E-state index is 0.196. The lowest BCUT2D eigenvalue weighted by atomic mass is 9.78. The zero-order valence-electron chi connectivity index (χ0n) is 11.3. The number of carbonyl (C=O) groups excluding carboxylic acids is 2. The fraction of sp³-hybridized carbons (Fsp3) is 0.750. The van der Waals surface area contributed by atoms with Crippen LogP contribution in [0.4, 0.5) is 0 Å². The molecule has 0 saturated carbocycles. The number of Topliss-reactive ketones (excluding diaryl/α,β-unsaturated/α-hetero) is 1. The second kappa shape index (κ2) is 7.85. The standard InChI is InChI=1S/C12H22N2O5/c1-3-4-5-6-8(9(15)7-13)12(14,10(16)17)11(18)19-2/h8H,3-7,13-14H2,1-2H3,(H,16,17). The first-order valence-corrected chi connectivity index (χ1v) is 6.19. The van der Waals surface area contributed by atoms with Crippen molar-refractivity contribution in [2.75, 3.05) is 13.7 Å². The molecule has 7 heteroatoms. The van der Waals surface area contributed by atoms with Gasteiger partial charge in [-0.25, -0.2) is 9.59 Å². The predicted molar refractivity (Wildman–Crippen MR) is 68.3 cm³/mol. The van der Waals surface area contributed by atoms with Gasteiger partial charge in [0.05, 0.1) is 19.6 Å². The smallest absolute Gasteiger partial charge is 0.338 e. The lowest BCUT2D eigenvalue weighted by molar-refractivity contribution is -0.164. The van der Waals surface area contributed by atoms with Crippen molar-refractivity contribution < 1.29 is 24.2 Å². The molecule has 0 fully saturated rings. The molecule has 0 aromatic carbocycles. The van der Waals surface area contributed by atoms with Crippen LogP contribution < -0.4 is 11.5 Å². The molecular weight excluding hydrogens is 252 g/mol. The Morgan fingerprint density at radius 2 is 1.89 bits per heavy atom. The van der Waals surface area contributed by atoms with E-state index in [4.69, 9.17) is 11.5 Å². The number of carboxylic acids is 1. The monoisotopic (exact) mass is 274 g/mol. The highest BCUT2D eigenvalue weighted by molar-refractivity contribution is 6.08. The molecule has 19 heavy (non-hydrogen) atoms. The second-order valence-electron chi connectivity index (χ2n) is 4.38. The van der Waals surface area contributed by atoms with Gasteiger partial charge in [-0.15, -0.1) is 0 Å². The molecule has 0 saturated heterocycles. The summed E-state index contributed by atoms with van der Waals surface area (Å²) in [5.74, 6) is -4.44. The summed E-state index contributed by atoms with van der Waals surface area (Å²) in [6.07, 6.45) is 2.50. The van der Waals surface area contributed by atoms with E-state index in [2.05, 4.69) is 4.74 Å². The molecule has 0 amide bonds. The quantitative estimate of drug-likeness (QED) is 0.298. The van der Waals surface area contributed by atoms with Gasteiger partial charge in [-0.3, -0.25) is 4.79 Å². The van der Waals surface area contributed by atoms with Crippen LogP contribution in [0.25, 0.3) is 0 Å². The number of rotatable bonds is 9. The molecule has 0 heterocycles. The maximum absolute atomic E-state index is 11.8. The van der Waals surface area contributed by atoms with E-state index in [-0.39, 0.29) is 13.0 Å². The first kappa shape index (κ1) is 17.5. The molecule has 0 aromatic heterocycles. The van der Waals surface area contributed by atoms with Crippen molar-refractivity contribution in [1.29, 1.82) is 0 Å². The lowest BCUT2D eigenvalue weighted by Crippen LogP contribution is -2.63. The Kier molecular flexibility index (Phi) is 7.25. The first-order valence-electron chi connectivity index (χ1n) is 6.19. The van der Waals surface area contributed by atoms with Gasteiger partial charge in [0.1, 0.15) is 0 Å². The minimum Gasteiger partial charge on any atom is -0.479 e. The van der Waals surface area contributed by atoms with Gasteiger partial charge in [-0.05, 0) is 6.42 Å². The van der Waals surface area contributed by atoms with Crippen LogP contribution in [-0.4, -0.2) is 42.0 Å². The van der Waals surface area contributed by atoms with Crippen LogP contribution in [0.3, 0.4) is 0 Å². The van der Waals surface area contributed by atoms with E-state index in [1.165, 1.54) is 0 Å². The molecular formula is C12H22N2O5. The van der Waals surface area contributed by atoms with Crippen molar-refractivity contribution in [2.45, 2.75) is 38.1 Å². The Morgan fingerprint density at radius 1 is 1.32 bits per heavy atom. The predicted octanol–water partition coefficient (Wildman–Crippen LogP) is -0.334. The van der Waals surface area contributed by atoms with Gasteiger partial charge in [0.15, 0.2) is 5.78 Å². The van der Waals surface area contributed by atoms with Crippen LogP contribution >= 0.6 is 0 Å². The molecule has 2 atom stereocenters. The van der Waals surface area contributed by atoms with E-state index in [1.54, 1.807) is 0 Å². The fourth-order valence-electron chi connectivity index (χ4n) is 1.93. The average molecular weight is 274 g/mol. The second-order valence-corrected chi connectivity index (χ2v) is 4.38. The number of hydrogen-bond donors (Lipinski definition) is 3. The number of ketones is 1. The highest BCUT2D eigenvalue weighted by atomic mass is 16.5. The van der Waals surface area contributed by atoms with E-state index in [0.29, 0.717) is 6.42 Å². The summed E-state index contributed by atoms with van der Waals surface area (Å²) >= 11 is 0. The van der Waals surface area contributed by atoms with Gasteiger partial charge in [-0.1, -0.05) is 26.2 Å². The summed E-state index contributed by atoms with van der Waals surface area (Å²) in [5.41, 5.74) is 8.54. The number of ether oxygens (including phenoxy) is 1. The number of nitrogens with two attached hydrogens (primary N) is 2. The van der Waals surface area contributed by atoms with Crippen molar-refractivity contribution in [3.63, 3.8) is 0 Å². The van der Waals surface area contributed by atoms with Crippen molar-refractivity contribution in [3.05, 3.63) is 0 Å². The molecule has 0 radical (unpaired) electrons. The van der Waals surface area contributed by atoms with Crippen LogP contribution in [0.15, 0.2) is 0 Å². The molecule has 5 N–H and O–H groups in total. The average Bonchev–Trinajstić information content (AvgIpc) is 2.40. The highest BCUT2D eigenvalue weighted by Gasteiger charge is 2.52. The summed E-state index contributed by atoms with van der Waals surface area (Å²) in [4.78, 5) is 34.7. The van der Waals surface area contributed by atoms with E-state index >= 15 is 0 Å². The summed E-state index contributed by atoms with van der Waals surface area (Å²) in [7, 11) is 1.03. The van der Waals surface area contributed by atoms with E-state index < -0.39 is 29.2 Å². The zero-order valence-corrected chi connectivity index (χ0v) is 11.3. The highest BCUT2D eigenvalue weighted by Crippen LogP contribution is 2.24. The molecule has 0 rings (SSSR count). The maximum atomic E-state index is 11.8. The van der Waals surface area contributed by atoms with Gasteiger partial charge in [0.25, 0.3) is 0 Å². The third kappa shape index (κ3) is 4.00. The van der Waals surface area contributed by atoms with Crippen molar-refractivity contribution in [3.8, 4) is 0 Å². The molecule has 0 aromatic rings. The molecule has 0 spiro atoms. The molecule has 0 aliphatic heterocycles. The molecule has 0 aliphatic carbocycles. The lowest BCUT2D eigenvalue weighted by Gasteiger charge is -2.29. The maximum Gasteiger partial charge on any atom is 0.338 e. The largest absolute Gasteiger partial charge is 0.479 e. The van der Waals surface area contributed by atoms with Crippen LogP contribution in [0, 0.1) is 5.92 Å². The van der Waals surface area contributed by atoms with Crippen LogP contribution in [0.5, 0.6) is 0 Å². The Labute approximate surface area is 112 Å². The summed E-state index contributed by atoms with van der Waals surface area (Å²) in [5, 5.41) is 9.19. The number of aliphatic carboxylic acids is 1. The van der Waals surface area contributed by atoms with Crippen LogP contribution in [-0.2, 0) is 19.1 Å². The number of hydrogen-bond acceptors (Lipinski definition) is 6. The van der Waals surface area contributed by atoms with Gasteiger partial charge < -0.3 is 21.3 Å². The molecule has 2 unspecified atom stereocenters. The van der Waals surface area contributed by atoms with Crippen molar-refractivity contribution in [1.82, 2.24) is 0 Å².